The fraction of sp³-hybridized carbons (Fsp3) is 0.700. The van der Waals surface area contributed by atoms with Crippen molar-refractivity contribution in [1.29, 1.82) is 0 Å². The monoisotopic (exact) mass is 508 g/mol. The molecule has 0 bridgehead atoms. The third-order valence-corrected chi connectivity index (χ3v) is 9.50. The molecule has 1 aromatic carbocycles. The van der Waals surface area contributed by atoms with Crippen LogP contribution in [0.25, 0.3) is 0 Å². The van der Waals surface area contributed by atoms with Gasteiger partial charge >= 0.3 is 6.03 Å². The number of urea groups is 1. The second-order valence-electron chi connectivity index (χ2n) is 12.8. The maximum Gasteiger partial charge on any atom is 0.317 e. The highest BCUT2D eigenvalue weighted by atomic mass is 16.2. The Kier molecular flexibility index (Phi) is 7.25. The summed E-state index contributed by atoms with van der Waals surface area (Å²) in [6.45, 7) is 3.00. The summed E-state index contributed by atoms with van der Waals surface area (Å²) in [6, 6.07) is 7.08. The van der Waals surface area contributed by atoms with Crippen LogP contribution in [0.15, 0.2) is 24.3 Å². The second kappa shape index (κ2) is 10.3. The van der Waals surface area contributed by atoms with Gasteiger partial charge in [0.25, 0.3) is 0 Å². The fourth-order valence-corrected chi connectivity index (χ4v) is 6.65. The highest BCUT2D eigenvalue weighted by Crippen LogP contribution is 2.51. The summed E-state index contributed by atoms with van der Waals surface area (Å²) in [5.41, 5.74) is 1.37. The molecule has 4 aliphatic rings. The molecule has 0 saturated heterocycles. The van der Waals surface area contributed by atoms with Gasteiger partial charge in [-0.3, -0.25) is 9.59 Å². The summed E-state index contributed by atoms with van der Waals surface area (Å²) in [4.78, 5) is 41.3. The van der Waals surface area contributed by atoms with Crippen LogP contribution >= 0.6 is 0 Å². The van der Waals surface area contributed by atoms with Crippen LogP contribution in [-0.4, -0.2) is 49.4 Å². The lowest BCUT2D eigenvalue weighted by Gasteiger charge is -2.39. The predicted octanol–water partition coefficient (Wildman–Crippen LogP) is 4.82. The molecule has 0 aromatic heterocycles. The van der Waals surface area contributed by atoms with Gasteiger partial charge in [-0.25, -0.2) is 4.79 Å². The molecule has 37 heavy (non-hydrogen) atoms. The molecule has 4 fully saturated rings. The van der Waals surface area contributed by atoms with E-state index in [1.807, 2.05) is 24.3 Å². The zero-order chi connectivity index (χ0) is 26.2. The first-order valence-electron chi connectivity index (χ1n) is 14.4. The number of carbonyl (C=O) groups is 3. The molecule has 0 radical (unpaired) electrons. The molecule has 0 aliphatic heterocycles. The van der Waals surface area contributed by atoms with Gasteiger partial charge in [-0.05, 0) is 92.2 Å². The topological polar surface area (TPSA) is 90.5 Å². The van der Waals surface area contributed by atoms with Crippen molar-refractivity contribution >= 4 is 23.5 Å². The number of hydrogen-bond donors (Lipinski definition) is 3. The minimum atomic E-state index is -0.550. The van der Waals surface area contributed by atoms with Crippen LogP contribution in [-0.2, 0) is 15.0 Å². The normalized spacial score (nSPS) is 22.6. The van der Waals surface area contributed by atoms with Gasteiger partial charge in [-0.2, -0.15) is 0 Å². The van der Waals surface area contributed by atoms with E-state index in [1.165, 1.54) is 24.2 Å². The van der Waals surface area contributed by atoms with Gasteiger partial charge in [-0.15, -0.1) is 0 Å². The maximum absolute atomic E-state index is 13.7. The Balaban J connectivity index is 1.33. The molecule has 5 rings (SSSR count). The predicted molar refractivity (Wildman–Crippen MR) is 145 cm³/mol. The van der Waals surface area contributed by atoms with Crippen molar-refractivity contribution in [3.63, 3.8) is 0 Å². The molecule has 1 aromatic rings. The van der Waals surface area contributed by atoms with Crippen LogP contribution in [0.1, 0.15) is 83.1 Å². The van der Waals surface area contributed by atoms with Gasteiger partial charge in [-0.1, -0.05) is 38.3 Å². The third kappa shape index (κ3) is 5.65. The average Bonchev–Trinajstić information content (AvgIpc) is 3.80. The number of hydrogen-bond acceptors (Lipinski definition) is 3. The molecule has 7 nitrogen and oxygen atoms in total. The number of anilines is 1. The van der Waals surface area contributed by atoms with Gasteiger partial charge in [0, 0.05) is 26.3 Å². The van der Waals surface area contributed by atoms with E-state index in [0.717, 1.165) is 63.5 Å². The summed E-state index contributed by atoms with van der Waals surface area (Å²) in [6.07, 6.45) is 11.9. The smallest absolute Gasteiger partial charge is 0.317 e. The number of carbonyl (C=O) groups excluding carboxylic acids is 3. The molecular weight excluding hydrogens is 464 g/mol. The molecular formula is C30H44N4O3. The van der Waals surface area contributed by atoms with Crippen LogP contribution in [0.2, 0.25) is 0 Å². The number of benzene rings is 1. The minimum absolute atomic E-state index is 0.125. The molecule has 4 aliphatic carbocycles. The highest BCUT2D eigenvalue weighted by Gasteiger charge is 2.49. The van der Waals surface area contributed by atoms with Gasteiger partial charge in [0.15, 0.2) is 0 Å². The summed E-state index contributed by atoms with van der Waals surface area (Å²) in [5, 5.41) is 9.44. The summed E-state index contributed by atoms with van der Waals surface area (Å²) in [5.74, 6) is 1.19. The molecule has 0 heterocycles. The lowest BCUT2D eigenvalue weighted by atomic mass is 9.70. The molecule has 4 saturated carbocycles. The molecule has 3 N–H and O–H groups in total. The third-order valence-electron chi connectivity index (χ3n) is 9.50. The number of amides is 4. The van der Waals surface area contributed by atoms with E-state index in [0.29, 0.717) is 17.5 Å². The molecule has 0 unspecified atom stereocenters. The van der Waals surface area contributed by atoms with Crippen molar-refractivity contribution in [2.75, 3.05) is 26.0 Å². The Hall–Kier alpha value is -2.57. The van der Waals surface area contributed by atoms with E-state index in [4.69, 9.17) is 0 Å². The highest BCUT2D eigenvalue weighted by molar-refractivity contribution is 5.97. The Morgan fingerprint density at radius 3 is 2.16 bits per heavy atom. The molecule has 4 amide bonds. The molecule has 7 heteroatoms. The second-order valence-corrected chi connectivity index (χ2v) is 12.8. The average molecular weight is 509 g/mol. The van der Waals surface area contributed by atoms with Crippen molar-refractivity contribution in [1.82, 2.24) is 15.5 Å². The lowest BCUT2D eigenvalue weighted by Crippen LogP contribution is -2.52. The first-order valence-corrected chi connectivity index (χ1v) is 14.4. The standard InChI is InChI=1S/C30H44N4O3/c1-29(14-7-15-29)19-31-27(36)30(16-4-5-17-30)22-8-6-9-23(18-22)32-26(35)25(33-28(37)34(2)3)24(20-10-11-20)21-12-13-21/h6,8-9,18,20-21,24-25H,4-5,7,10-17,19H2,1-3H3,(H,31,36)(H,32,35)(H,33,37)/t25-/m0/s1. The minimum Gasteiger partial charge on any atom is -0.355 e. The first kappa shape index (κ1) is 26.1. The number of rotatable bonds is 10. The maximum atomic E-state index is 13.7. The van der Waals surface area contributed by atoms with Crippen LogP contribution in [0.4, 0.5) is 10.5 Å². The number of nitrogens with one attached hydrogen (secondary N) is 3. The van der Waals surface area contributed by atoms with Crippen molar-refractivity contribution < 1.29 is 14.4 Å². The Labute approximate surface area is 221 Å². The van der Waals surface area contributed by atoms with Crippen molar-refractivity contribution in [2.45, 2.75) is 89.0 Å². The molecule has 0 spiro atoms. The molecule has 202 valence electrons. The molecule has 1 atom stereocenters. The van der Waals surface area contributed by atoms with Gasteiger partial charge in [0.2, 0.25) is 11.8 Å². The Morgan fingerprint density at radius 1 is 0.973 bits per heavy atom. The largest absolute Gasteiger partial charge is 0.355 e. The Morgan fingerprint density at radius 2 is 1.62 bits per heavy atom. The van der Waals surface area contributed by atoms with E-state index in [9.17, 15) is 14.4 Å². The zero-order valence-electron chi connectivity index (χ0n) is 22.8. The van der Waals surface area contributed by atoms with Crippen molar-refractivity contribution in [2.24, 2.45) is 23.2 Å². The SMILES string of the molecule is CN(C)C(=O)N[C@H](C(=O)Nc1cccc(C2(C(=O)NCC3(C)CCC3)CCCC2)c1)C(C1CC1)C1CC1. The van der Waals surface area contributed by atoms with E-state index in [-0.39, 0.29) is 29.2 Å². The van der Waals surface area contributed by atoms with Gasteiger partial charge < -0.3 is 20.9 Å². The fourth-order valence-electron chi connectivity index (χ4n) is 6.65. The van der Waals surface area contributed by atoms with E-state index < -0.39 is 11.5 Å². The van der Waals surface area contributed by atoms with E-state index in [1.54, 1.807) is 14.1 Å². The Bertz CT molecular complexity index is 1010. The first-order chi connectivity index (χ1) is 17.7. The zero-order valence-corrected chi connectivity index (χ0v) is 22.8. The summed E-state index contributed by atoms with van der Waals surface area (Å²) >= 11 is 0. The summed E-state index contributed by atoms with van der Waals surface area (Å²) in [7, 11) is 3.41. The van der Waals surface area contributed by atoms with Crippen LogP contribution < -0.4 is 16.0 Å². The van der Waals surface area contributed by atoms with Crippen LogP contribution in [0.5, 0.6) is 0 Å². The van der Waals surface area contributed by atoms with E-state index in [2.05, 4.69) is 22.9 Å². The van der Waals surface area contributed by atoms with Crippen molar-refractivity contribution in [3.05, 3.63) is 29.8 Å². The van der Waals surface area contributed by atoms with Gasteiger partial charge in [0.1, 0.15) is 6.04 Å². The summed E-state index contributed by atoms with van der Waals surface area (Å²) < 4.78 is 0. The van der Waals surface area contributed by atoms with Gasteiger partial charge in [0.05, 0.1) is 5.41 Å². The van der Waals surface area contributed by atoms with E-state index >= 15 is 0 Å². The lowest BCUT2D eigenvalue weighted by molar-refractivity contribution is -0.127. The van der Waals surface area contributed by atoms with Crippen LogP contribution in [0, 0.1) is 23.2 Å². The van der Waals surface area contributed by atoms with Crippen molar-refractivity contribution in [3.8, 4) is 0 Å². The van der Waals surface area contributed by atoms with Crippen LogP contribution in [0.3, 0.4) is 0 Å². The quantitative estimate of drug-likeness (QED) is 0.423. The number of nitrogens with zero attached hydrogens (tertiary/aromatic N) is 1.